The molecule has 0 saturated heterocycles. The number of nitrogens with one attached hydrogen (secondary N) is 1. The molecule has 0 aromatic carbocycles. The van der Waals surface area contributed by atoms with E-state index >= 15 is 0 Å². The number of hydrogen-bond acceptors (Lipinski definition) is 5. The molecular formula is C8H13N3O2S. The molecule has 0 aliphatic heterocycles. The summed E-state index contributed by atoms with van der Waals surface area (Å²) in [7, 11) is 1.49. The van der Waals surface area contributed by atoms with E-state index in [9.17, 15) is 4.79 Å². The van der Waals surface area contributed by atoms with Gasteiger partial charge < -0.3 is 4.74 Å². The second-order valence-electron chi connectivity index (χ2n) is 3.29. The number of ether oxygens (including phenoxy) is 1. The molecule has 0 bridgehead atoms. The van der Waals surface area contributed by atoms with E-state index in [4.69, 9.17) is 4.74 Å². The molecule has 0 saturated carbocycles. The fourth-order valence-electron chi connectivity index (χ4n) is 0.687. The molecule has 1 aromatic heterocycles. The Morgan fingerprint density at radius 3 is 2.57 bits per heavy atom. The standard InChI is InChI=1S/C8H13N3O2S/c1-5-10-11-7(14-5)9-6(12)8(2,3)13-4/h1-4H3,(H,9,11,12). The lowest BCUT2D eigenvalue weighted by Gasteiger charge is -2.20. The molecule has 1 heterocycles. The molecule has 0 radical (unpaired) electrons. The zero-order valence-electron chi connectivity index (χ0n) is 8.62. The van der Waals surface area contributed by atoms with Crippen molar-refractivity contribution >= 4 is 22.4 Å². The van der Waals surface area contributed by atoms with Crippen molar-refractivity contribution < 1.29 is 9.53 Å². The highest BCUT2D eigenvalue weighted by atomic mass is 32.1. The van der Waals surface area contributed by atoms with Crippen molar-refractivity contribution in [2.45, 2.75) is 26.4 Å². The van der Waals surface area contributed by atoms with E-state index in [0.717, 1.165) is 5.01 Å². The zero-order valence-corrected chi connectivity index (χ0v) is 9.44. The Hall–Kier alpha value is -1.01. The van der Waals surface area contributed by atoms with Crippen molar-refractivity contribution in [3.8, 4) is 0 Å². The Morgan fingerprint density at radius 2 is 2.14 bits per heavy atom. The van der Waals surface area contributed by atoms with Crippen molar-refractivity contribution in [1.29, 1.82) is 0 Å². The summed E-state index contributed by atoms with van der Waals surface area (Å²) in [5.41, 5.74) is -0.848. The van der Waals surface area contributed by atoms with Crippen LogP contribution in [0.2, 0.25) is 0 Å². The average molecular weight is 215 g/mol. The number of anilines is 1. The van der Waals surface area contributed by atoms with Gasteiger partial charge in [-0.2, -0.15) is 0 Å². The molecule has 0 unspecified atom stereocenters. The molecule has 1 rings (SSSR count). The quantitative estimate of drug-likeness (QED) is 0.823. The topological polar surface area (TPSA) is 64.1 Å². The number of amides is 1. The third-order valence-corrected chi connectivity index (χ3v) is 2.56. The van der Waals surface area contributed by atoms with E-state index in [2.05, 4.69) is 15.5 Å². The van der Waals surface area contributed by atoms with Gasteiger partial charge in [0, 0.05) is 7.11 Å². The minimum absolute atomic E-state index is 0.226. The van der Waals surface area contributed by atoms with Gasteiger partial charge in [0.15, 0.2) is 0 Å². The van der Waals surface area contributed by atoms with Crippen LogP contribution in [-0.4, -0.2) is 28.8 Å². The summed E-state index contributed by atoms with van der Waals surface area (Å²) in [6.07, 6.45) is 0. The normalized spacial score (nSPS) is 11.4. The fraction of sp³-hybridized carbons (Fsp3) is 0.625. The van der Waals surface area contributed by atoms with Crippen molar-refractivity contribution in [3.05, 3.63) is 5.01 Å². The number of aryl methyl sites for hydroxylation is 1. The smallest absolute Gasteiger partial charge is 0.257 e. The summed E-state index contributed by atoms with van der Waals surface area (Å²) in [6.45, 7) is 5.21. The molecule has 0 spiro atoms. The largest absolute Gasteiger partial charge is 0.369 e. The first-order valence-electron chi connectivity index (χ1n) is 4.12. The van der Waals surface area contributed by atoms with Crippen molar-refractivity contribution in [1.82, 2.24) is 10.2 Å². The summed E-state index contributed by atoms with van der Waals surface area (Å²) in [4.78, 5) is 11.6. The maximum atomic E-state index is 11.6. The maximum Gasteiger partial charge on any atom is 0.257 e. The lowest BCUT2D eigenvalue weighted by atomic mass is 10.1. The maximum absolute atomic E-state index is 11.6. The van der Waals surface area contributed by atoms with E-state index in [1.165, 1.54) is 18.4 Å². The Labute approximate surface area is 86.5 Å². The Bertz CT molecular complexity index is 335. The van der Waals surface area contributed by atoms with Crippen LogP contribution in [0.25, 0.3) is 0 Å². The number of rotatable bonds is 3. The zero-order chi connectivity index (χ0) is 10.8. The van der Waals surface area contributed by atoms with Crippen LogP contribution >= 0.6 is 11.3 Å². The predicted octanol–water partition coefficient (Wildman–Crippen LogP) is 1.21. The molecule has 1 amide bonds. The van der Waals surface area contributed by atoms with E-state index in [1.54, 1.807) is 13.8 Å². The molecule has 0 aliphatic rings. The molecule has 6 heteroatoms. The second kappa shape index (κ2) is 4.02. The highest BCUT2D eigenvalue weighted by Gasteiger charge is 2.27. The monoisotopic (exact) mass is 215 g/mol. The summed E-state index contributed by atoms with van der Waals surface area (Å²) in [6, 6.07) is 0. The molecule has 14 heavy (non-hydrogen) atoms. The first-order valence-corrected chi connectivity index (χ1v) is 4.94. The van der Waals surface area contributed by atoms with Gasteiger partial charge in [0.05, 0.1) is 0 Å². The van der Waals surface area contributed by atoms with Crippen LogP contribution in [0.1, 0.15) is 18.9 Å². The average Bonchev–Trinajstić information content (AvgIpc) is 2.51. The first kappa shape index (κ1) is 11.1. The molecule has 1 aromatic rings. The summed E-state index contributed by atoms with van der Waals surface area (Å²) >= 11 is 1.33. The number of nitrogens with zero attached hydrogens (tertiary/aromatic N) is 2. The number of aromatic nitrogens is 2. The molecular weight excluding hydrogens is 202 g/mol. The van der Waals surface area contributed by atoms with Gasteiger partial charge in [-0.25, -0.2) is 0 Å². The molecule has 0 atom stereocenters. The number of carbonyl (C=O) groups is 1. The molecule has 78 valence electrons. The third-order valence-electron chi connectivity index (χ3n) is 1.80. The van der Waals surface area contributed by atoms with Gasteiger partial charge in [0.2, 0.25) is 5.13 Å². The fourth-order valence-corrected chi connectivity index (χ4v) is 1.27. The molecule has 0 aliphatic carbocycles. The highest BCUT2D eigenvalue weighted by molar-refractivity contribution is 7.15. The lowest BCUT2D eigenvalue weighted by molar-refractivity contribution is -0.133. The van der Waals surface area contributed by atoms with E-state index in [1.807, 2.05) is 6.92 Å². The van der Waals surface area contributed by atoms with Crippen LogP contribution in [0.4, 0.5) is 5.13 Å². The van der Waals surface area contributed by atoms with Crippen LogP contribution in [-0.2, 0) is 9.53 Å². The Kier molecular flexibility index (Phi) is 3.17. The van der Waals surface area contributed by atoms with Crippen molar-refractivity contribution in [3.63, 3.8) is 0 Å². The van der Waals surface area contributed by atoms with Gasteiger partial charge in [-0.05, 0) is 20.8 Å². The van der Waals surface area contributed by atoms with E-state index in [0.29, 0.717) is 5.13 Å². The van der Waals surface area contributed by atoms with Crippen LogP contribution in [0.3, 0.4) is 0 Å². The summed E-state index contributed by atoms with van der Waals surface area (Å²) in [5, 5.41) is 11.5. The minimum Gasteiger partial charge on any atom is -0.369 e. The first-order chi connectivity index (χ1) is 6.45. The second-order valence-corrected chi connectivity index (χ2v) is 4.48. The van der Waals surface area contributed by atoms with Gasteiger partial charge >= 0.3 is 0 Å². The van der Waals surface area contributed by atoms with Crippen molar-refractivity contribution in [2.24, 2.45) is 0 Å². The van der Waals surface area contributed by atoms with Crippen LogP contribution in [0.15, 0.2) is 0 Å². The SMILES string of the molecule is COC(C)(C)C(=O)Nc1nnc(C)s1. The Balaban J connectivity index is 2.66. The van der Waals surface area contributed by atoms with Gasteiger partial charge in [-0.1, -0.05) is 11.3 Å². The summed E-state index contributed by atoms with van der Waals surface area (Å²) in [5.74, 6) is -0.226. The third kappa shape index (κ3) is 2.49. The Morgan fingerprint density at radius 1 is 1.50 bits per heavy atom. The van der Waals surface area contributed by atoms with Crippen LogP contribution < -0.4 is 5.32 Å². The molecule has 5 nitrogen and oxygen atoms in total. The van der Waals surface area contributed by atoms with Crippen molar-refractivity contribution in [2.75, 3.05) is 12.4 Å². The van der Waals surface area contributed by atoms with Gasteiger partial charge in [-0.3, -0.25) is 10.1 Å². The summed E-state index contributed by atoms with van der Waals surface area (Å²) < 4.78 is 5.02. The lowest BCUT2D eigenvalue weighted by Crippen LogP contribution is -2.38. The van der Waals surface area contributed by atoms with Gasteiger partial charge in [-0.15, -0.1) is 10.2 Å². The van der Waals surface area contributed by atoms with Gasteiger partial charge in [0.1, 0.15) is 10.6 Å². The molecule has 1 N–H and O–H groups in total. The highest BCUT2D eigenvalue weighted by Crippen LogP contribution is 2.16. The van der Waals surface area contributed by atoms with E-state index < -0.39 is 5.60 Å². The number of hydrogen-bond donors (Lipinski definition) is 1. The molecule has 0 fully saturated rings. The number of carbonyl (C=O) groups excluding carboxylic acids is 1. The van der Waals surface area contributed by atoms with Crippen LogP contribution in [0, 0.1) is 6.92 Å². The predicted molar refractivity (Wildman–Crippen MR) is 54.4 cm³/mol. The minimum atomic E-state index is -0.848. The van der Waals surface area contributed by atoms with Gasteiger partial charge in [0.25, 0.3) is 5.91 Å². The van der Waals surface area contributed by atoms with Crippen LogP contribution in [0.5, 0.6) is 0 Å². The van der Waals surface area contributed by atoms with E-state index in [-0.39, 0.29) is 5.91 Å². The number of methoxy groups -OCH3 is 1.